The summed E-state index contributed by atoms with van der Waals surface area (Å²) < 4.78 is 0. The third kappa shape index (κ3) is 3.13. The number of nitrogens with zero attached hydrogens (tertiary/aromatic N) is 1. The fourth-order valence-electron chi connectivity index (χ4n) is 2.62. The average molecular weight is 224 g/mol. The SMILES string of the molecule is CCCN(C(=O)NCC1CCCC1)C1CC1. The van der Waals surface area contributed by atoms with Gasteiger partial charge in [-0.15, -0.1) is 0 Å². The first kappa shape index (κ1) is 11.7. The Morgan fingerprint density at radius 2 is 1.94 bits per heavy atom. The highest BCUT2D eigenvalue weighted by molar-refractivity contribution is 5.74. The van der Waals surface area contributed by atoms with Crippen molar-refractivity contribution in [2.75, 3.05) is 13.1 Å². The van der Waals surface area contributed by atoms with E-state index in [1.54, 1.807) is 0 Å². The van der Waals surface area contributed by atoms with Crippen LogP contribution in [0.4, 0.5) is 4.79 Å². The van der Waals surface area contributed by atoms with Gasteiger partial charge in [0.25, 0.3) is 0 Å². The molecule has 0 heterocycles. The molecule has 0 atom stereocenters. The summed E-state index contributed by atoms with van der Waals surface area (Å²) in [6.07, 6.45) is 8.78. The molecule has 0 spiro atoms. The summed E-state index contributed by atoms with van der Waals surface area (Å²) in [6.45, 7) is 3.95. The summed E-state index contributed by atoms with van der Waals surface area (Å²) in [6, 6.07) is 0.722. The van der Waals surface area contributed by atoms with Gasteiger partial charge in [-0.25, -0.2) is 4.79 Å². The van der Waals surface area contributed by atoms with Crippen LogP contribution in [0.1, 0.15) is 51.9 Å². The first-order valence-electron chi connectivity index (χ1n) is 6.85. The Morgan fingerprint density at radius 3 is 2.50 bits per heavy atom. The number of rotatable bonds is 5. The van der Waals surface area contributed by atoms with Gasteiger partial charge in [-0.3, -0.25) is 0 Å². The van der Waals surface area contributed by atoms with E-state index in [0.29, 0.717) is 6.04 Å². The van der Waals surface area contributed by atoms with E-state index in [-0.39, 0.29) is 6.03 Å². The third-order valence-electron chi connectivity index (χ3n) is 3.73. The van der Waals surface area contributed by atoms with Crippen molar-refractivity contribution in [2.24, 2.45) is 5.92 Å². The van der Waals surface area contributed by atoms with Gasteiger partial charge in [-0.2, -0.15) is 0 Å². The van der Waals surface area contributed by atoms with Crippen LogP contribution in [0.2, 0.25) is 0 Å². The van der Waals surface area contributed by atoms with E-state index >= 15 is 0 Å². The van der Waals surface area contributed by atoms with Crippen molar-refractivity contribution in [3.63, 3.8) is 0 Å². The standard InChI is InChI=1S/C13H24N2O/c1-2-9-15(12-7-8-12)13(16)14-10-11-5-3-4-6-11/h11-12H,2-10H2,1H3,(H,14,16). The van der Waals surface area contributed by atoms with Gasteiger partial charge in [-0.05, 0) is 38.0 Å². The number of nitrogens with one attached hydrogen (secondary N) is 1. The molecular weight excluding hydrogens is 200 g/mol. The number of urea groups is 1. The predicted molar refractivity (Wildman–Crippen MR) is 65.4 cm³/mol. The van der Waals surface area contributed by atoms with E-state index in [2.05, 4.69) is 12.2 Å². The highest BCUT2D eigenvalue weighted by Gasteiger charge is 2.32. The van der Waals surface area contributed by atoms with Crippen molar-refractivity contribution in [3.8, 4) is 0 Å². The Bertz CT molecular complexity index is 232. The zero-order valence-corrected chi connectivity index (χ0v) is 10.4. The highest BCUT2D eigenvalue weighted by atomic mass is 16.2. The maximum Gasteiger partial charge on any atom is 0.317 e. The summed E-state index contributed by atoms with van der Waals surface area (Å²) >= 11 is 0. The van der Waals surface area contributed by atoms with Crippen molar-refractivity contribution < 1.29 is 4.79 Å². The van der Waals surface area contributed by atoms with Crippen molar-refractivity contribution in [3.05, 3.63) is 0 Å². The molecule has 16 heavy (non-hydrogen) atoms. The molecule has 1 N–H and O–H groups in total. The second kappa shape index (κ2) is 5.55. The zero-order chi connectivity index (χ0) is 11.4. The van der Waals surface area contributed by atoms with Crippen molar-refractivity contribution >= 4 is 6.03 Å². The lowest BCUT2D eigenvalue weighted by atomic mass is 10.1. The number of carbonyl (C=O) groups excluding carboxylic acids is 1. The van der Waals surface area contributed by atoms with Crippen LogP contribution in [-0.4, -0.2) is 30.1 Å². The molecule has 0 unspecified atom stereocenters. The lowest BCUT2D eigenvalue weighted by Crippen LogP contribution is -2.43. The molecule has 3 heteroatoms. The second-order valence-electron chi connectivity index (χ2n) is 5.26. The number of carbonyl (C=O) groups is 1. The Balaban J connectivity index is 1.71. The van der Waals surface area contributed by atoms with E-state index < -0.39 is 0 Å². The molecule has 2 rings (SSSR count). The molecular formula is C13H24N2O. The van der Waals surface area contributed by atoms with Crippen molar-refractivity contribution in [1.82, 2.24) is 10.2 Å². The van der Waals surface area contributed by atoms with Crippen LogP contribution in [-0.2, 0) is 0 Å². The fraction of sp³-hybridized carbons (Fsp3) is 0.923. The van der Waals surface area contributed by atoms with Gasteiger partial charge in [0.15, 0.2) is 0 Å². The number of amides is 2. The first-order chi connectivity index (χ1) is 7.81. The van der Waals surface area contributed by atoms with E-state index in [1.165, 1.54) is 38.5 Å². The molecule has 0 aromatic rings. The average Bonchev–Trinajstić information content (AvgIpc) is 2.99. The summed E-state index contributed by atoms with van der Waals surface area (Å²) in [7, 11) is 0. The largest absolute Gasteiger partial charge is 0.338 e. The van der Waals surface area contributed by atoms with E-state index in [0.717, 1.165) is 25.4 Å². The van der Waals surface area contributed by atoms with Crippen LogP contribution in [0.15, 0.2) is 0 Å². The molecule has 0 aliphatic heterocycles. The fourth-order valence-corrected chi connectivity index (χ4v) is 2.62. The lowest BCUT2D eigenvalue weighted by molar-refractivity contribution is 0.193. The van der Waals surface area contributed by atoms with Crippen LogP contribution in [0.3, 0.4) is 0 Å². The van der Waals surface area contributed by atoms with Gasteiger partial charge < -0.3 is 10.2 Å². The second-order valence-corrected chi connectivity index (χ2v) is 5.26. The van der Waals surface area contributed by atoms with Gasteiger partial charge in [0, 0.05) is 19.1 Å². The third-order valence-corrected chi connectivity index (χ3v) is 3.73. The molecule has 2 fully saturated rings. The van der Waals surface area contributed by atoms with Crippen LogP contribution in [0.25, 0.3) is 0 Å². The van der Waals surface area contributed by atoms with Gasteiger partial charge >= 0.3 is 6.03 Å². The Hall–Kier alpha value is -0.730. The quantitative estimate of drug-likeness (QED) is 0.765. The van der Waals surface area contributed by atoms with Crippen LogP contribution >= 0.6 is 0 Å². The normalized spacial score (nSPS) is 21.1. The van der Waals surface area contributed by atoms with E-state index in [1.807, 2.05) is 4.90 Å². The topological polar surface area (TPSA) is 32.3 Å². The Labute approximate surface area is 98.6 Å². The molecule has 2 aliphatic rings. The molecule has 2 aliphatic carbocycles. The van der Waals surface area contributed by atoms with Gasteiger partial charge in [-0.1, -0.05) is 19.8 Å². The molecule has 0 aromatic heterocycles. The highest BCUT2D eigenvalue weighted by Crippen LogP contribution is 2.27. The molecule has 0 aromatic carbocycles. The smallest absolute Gasteiger partial charge is 0.317 e. The lowest BCUT2D eigenvalue weighted by Gasteiger charge is -2.23. The van der Waals surface area contributed by atoms with Gasteiger partial charge in [0.1, 0.15) is 0 Å². The maximum atomic E-state index is 12.0. The minimum absolute atomic E-state index is 0.177. The monoisotopic (exact) mass is 224 g/mol. The van der Waals surface area contributed by atoms with Gasteiger partial charge in [0.2, 0.25) is 0 Å². The summed E-state index contributed by atoms with van der Waals surface area (Å²) in [5, 5.41) is 3.12. The molecule has 0 saturated heterocycles. The molecule has 3 nitrogen and oxygen atoms in total. The Morgan fingerprint density at radius 1 is 1.25 bits per heavy atom. The van der Waals surface area contributed by atoms with Crippen LogP contribution in [0.5, 0.6) is 0 Å². The minimum atomic E-state index is 0.177. The van der Waals surface area contributed by atoms with Crippen molar-refractivity contribution in [2.45, 2.75) is 57.9 Å². The minimum Gasteiger partial charge on any atom is -0.338 e. The van der Waals surface area contributed by atoms with Crippen LogP contribution < -0.4 is 5.32 Å². The summed E-state index contributed by atoms with van der Waals surface area (Å²) in [5.41, 5.74) is 0. The Kier molecular flexibility index (Phi) is 4.08. The van der Waals surface area contributed by atoms with Crippen LogP contribution in [0, 0.1) is 5.92 Å². The predicted octanol–water partition coefficient (Wildman–Crippen LogP) is 2.76. The van der Waals surface area contributed by atoms with E-state index in [4.69, 9.17) is 0 Å². The molecule has 0 bridgehead atoms. The number of hydrogen-bond acceptors (Lipinski definition) is 1. The summed E-state index contributed by atoms with van der Waals surface area (Å²) in [5.74, 6) is 0.742. The van der Waals surface area contributed by atoms with E-state index in [9.17, 15) is 4.79 Å². The molecule has 92 valence electrons. The maximum absolute atomic E-state index is 12.0. The zero-order valence-electron chi connectivity index (χ0n) is 10.4. The number of hydrogen-bond donors (Lipinski definition) is 1. The summed E-state index contributed by atoms with van der Waals surface area (Å²) in [4.78, 5) is 14.0. The van der Waals surface area contributed by atoms with Crippen molar-refractivity contribution in [1.29, 1.82) is 0 Å². The molecule has 2 saturated carbocycles. The molecule has 2 amide bonds. The van der Waals surface area contributed by atoms with Gasteiger partial charge in [0.05, 0.1) is 0 Å². The molecule has 0 radical (unpaired) electrons. The first-order valence-corrected chi connectivity index (χ1v) is 6.85.